The van der Waals surface area contributed by atoms with Crippen molar-refractivity contribution in [3.8, 4) is 0 Å². The summed E-state index contributed by atoms with van der Waals surface area (Å²) in [5.41, 5.74) is 0.0314. The number of rotatable bonds is 8. The maximum absolute atomic E-state index is 11.6. The molecule has 0 aliphatic carbocycles. The number of carbonyl (C=O) groups excluding carboxylic acids is 2. The Morgan fingerprint density at radius 3 is 2.54 bits per heavy atom. The number of ether oxygens (including phenoxy) is 3. The molecule has 2 rings (SSSR count). The molecule has 10 nitrogen and oxygen atoms in total. The highest BCUT2D eigenvalue weighted by Crippen LogP contribution is 2.33. The number of aliphatic carboxylic acids is 1. The zero-order chi connectivity index (χ0) is 20.8. The van der Waals surface area contributed by atoms with Gasteiger partial charge in [-0.2, -0.15) is 4.57 Å². The fourth-order valence-electron chi connectivity index (χ4n) is 2.87. The van der Waals surface area contributed by atoms with Crippen LogP contribution in [-0.4, -0.2) is 52.9 Å². The first kappa shape index (κ1) is 21.3. The van der Waals surface area contributed by atoms with Crippen LogP contribution >= 0.6 is 0 Å². The SMILES string of the molecule is CC(=O)O[C@@H]1[C@H](C)[C@@H](COC(=O)CCC(=O)O)O[C@H]1[n+]1cccc(C(=O)O)c1. The quantitative estimate of drug-likeness (QED) is 0.476. The number of pyridine rings is 1. The van der Waals surface area contributed by atoms with Gasteiger partial charge in [-0.25, -0.2) is 4.79 Å². The van der Waals surface area contributed by atoms with Crippen LogP contribution in [0.4, 0.5) is 0 Å². The van der Waals surface area contributed by atoms with Crippen LogP contribution in [0.25, 0.3) is 0 Å². The zero-order valence-electron chi connectivity index (χ0n) is 15.4. The molecule has 1 aliphatic rings. The van der Waals surface area contributed by atoms with E-state index in [0.717, 1.165) is 0 Å². The molecule has 1 fully saturated rings. The van der Waals surface area contributed by atoms with E-state index in [-0.39, 0.29) is 30.9 Å². The van der Waals surface area contributed by atoms with Crippen molar-refractivity contribution < 1.29 is 48.2 Å². The van der Waals surface area contributed by atoms with Crippen LogP contribution in [0.3, 0.4) is 0 Å². The lowest BCUT2D eigenvalue weighted by Crippen LogP contribution is -2.46. The third-order valence-electron chi connectivity index (χ3n) is 4.32. The average Bonchev–Trinajstić information content (AvgIpc) is 2.93. The van der Waals surface area contributed by atoms with Crippen molar-refractivity contribution in [2.24, 2.45) is 5.92 Å². The van der Waals surface area contributed by atoms with Crippen LogP contribution in [0.5, 0.6) is 0 Å². The highest BCUT2D eigenvalue weighted by molar-refractivity contribution is 5.86. The van der Waals surface area contributed by atoms with Gasteiger partial charge < -0.3 is 24.4 Å². The number of aromatic carboxylic acids is 1. The normalized spacial score (nSPS) is 23.8. The second-order valence-electron chi connectivity index (χ2n) is 6.42. The standard InChI is InChI=1S/C18H21NO9/c1-10-13(9-26-15(23)6-5-14(21)22)28-17(16(10)27-11(2)20)19-7-3-4-12(8-19)18(24)25/h3-4,7-8,10,13,16-17H,5-6,9H2,1-2H3,(H-,21,22,24,25)/p+1/t10-,13-,16-,17-/m1/s1. The van der Waals surface area contributed by atoms with Gasteiger partial charge in [0.2, 0.25) is 0 Å². The van der Waals surface area contributed by atoms with Crippen molar-refractivity contribution in [3.63, 3.8) is 0 Å². The van der Waals surface area contributed by atoms with Crippen molar-refractivity contribution in [1.82, 2.24) is 0 Å². The summed E-state index contributed by atoms with van der Waals surface area (Å²) in [6.07, 6.45) is 0.192. The lowest BCUT2D eigenvalue weighted by molar-refractivity contribution is -0.765. The van der Waals surface area contributed by atoms with Gasteiger partial charge >= 0.3 is 30.1 Å². The molecule has 1 saturated heterocycles. The molecular weight excluding hydrogens is 374 g/mol. The molecule has 2 N–H and O–H groups in total. The predicted molar refractivity (Wildman–Crippen MR) is 90.1 cm³/mol. The summed E-state index contributed by atoms with van der Waals surface area (Å²) in [5.74, 6) is -3.78. The minimum Gasteiger partial charge on any atom is -0.481 e. The van der Waals surface area contributed by atoms with E-state index in [2.05, 4.69) is 0 Å². The summed E-state index contributed by atoms with van der Waals surface area (Å²) in [6.45, 7) is 2.86. The minimum atomic E-state index is -1.12. The van der Waals surface area contributed by atoms with Gasteiger partial charge in [-0.1, -0.05) is 6.92 Å². The zero-order valence-corrected chi connectivity index (χ0v) is 15.4. The van der Waals surface area contributed by atoms with Gasteiger partial charge in [0, 0.05) is 18.9 Å². The van der Waals surface area contributed by atoms with Gasteiger partial charge in [-0.15, -0.1) is 0 Å². The number of esters is 2. The van der Waals surface area contributed by atoms with Gasteiger partial charge in [-0.3, -0.25) is 14.4 Å². The molecule has 4 atom stereocenters. The Bertz CT molecular complexity index is 763. The Balaban J connectivity index is 2.13. The molecule has 2 heterocycles. The van der Waals surface area contributed by atoms with Crippen LogP contribution in [-0.2, 0) is 28.6 Å². The topological polar surface area (TPSA) is 140 Å². The van der Waals surface area contributed by atoms with Crippen molar-refractivity contribution in [3.05, 3.63) is 30.1 Å². The second kappa shape index (κ2) is 9.27. The van der Waals surface area contributed by atoms with E-state index in [9.17, 15) is 19.2 Å². The number of nitrogens with zero attached hydrogens (tertiary/aromatic N) is 1. The third-order valence-corrected chi connectivity index (χ3v) is 4.32. The Kier molecular flexibility index (Phi) is 7.05. The smallest absolute Gasteiger partial charge is 0.341 e. The summed E-state index contributed by atoms with van der Waals surface area (Å²) in [6, 6.07) is 2.95. The van der Waals surface area contributed by atoms with E-state index in [1.807, 2.05) is 0 Å². The molecule has 0 bridgehead atoms. The predicted octanol–water partition coefficient (Wildman–Crippen LogP) is 0.546. The van der Waals surface area contributed by atoms with E-state index >= 15 is 0 Å². The molecule has 28 heavy (non-hydrogen) atoms. The Morgan fingerprint density at radius 2 is 1.93 bits per heavy atom. The number of carboxylic acids is 2. The molecular formula is C18H22NO9+. The third kappa shape index (κ3) is 5.49. The fourth-order valence-corrected chi connectivity index (χ4v) is 2.87. The molecule has 10 heteroatoms. The van der Waals surface area contributed by atoms with Gasteiger partial charge in [0.15, 0.2) is 18.5 Å². The Hall–Kier alpha value is -3.01. The van der Waals surface area contributed by atoms with Crippen LogP contribution in [0, 0.1) is 5.92 Å². The maximum Gasteiger partial charge on any atom is 0.341 e. The maximum atomic E-state index is 11.6. The van der Waals surface area contributed by atoms with E-state index in [1.54, 1.807) is 13.1 Å². The summed E-state index contributed by atoms with van der Waals surface area (Å²) in [7, 11) is 0. The van der Waals surface area contributed by atoms with E-state index in [1.165, 1.54) is 29.8 Å². The number of hydrogen-bond acceptors (Lipinski definition) is 7. The van der Waals surface area contributed by atoms with Crippen molar-refractivity contribution in [2.45, 2.75) is 45.1 Å². The van der Waals surface area contributed by atoms with Gasteiger partial charge in [0.1, 0.15) is 18.3 Å². The summed E-state index contributed by atoms with van der Waals surface area (Å²) >= 11 is 0. The largest absolute Gasteiger partial charge is 0.481 e. The van der Waals surface area contributed by atoms with Crippen LogP contribution in [0.2, 0.25) is 0 Å². The molecule has 0 saturated carbocycles. The van der Waals surface area contributed by atoms with Crippen LogP contribution in [0.15, 0.2) is 24.5 Å². The van der Waals surface area contributed by atoms with E-state index in [0.29, 0.717) is 0 Å². The van der Waals surface area contributed by atoms with Gasteiger partial charge in [-0.05, 0) is 6.07 Å². The van der Waals surface area contributed by atoms with Crippen LogP contribution in [0.1, 0.15) is 43.3 Å². The molecule has 1 aliphatic heterocycles. The molecule has 0 spiro atoms. The van der Waals surface area contributed by atoms with Crippen molar-refractivity contribution in [2.75, 3.05) is 6.61 Å². The van der Waals surface area contributed by atoms with Gasteiger partial charge in [0.25, 0.3) is 0 Å². The number of hydrogen-bond donors (Lipinski definition) is 2. The van der Waals surface area contributed by atoms with E-state index in [4.69, 9.17) is 24.4 Å². The second-order valence-corrected chi connectivity index (χ2v) is 6.42. The minimum absolute atomic E-state index is 0.0314. The number of carbonyl (C=O) groups is 4. The molecule has 1 aromatic rings. The van der Waals surface area contributed by atoms with Crippen molar-refractivity contribution >= 4 is 23.9 Å². The first-order valence-electron chi connectivity index (χ1n) is 8.63. The summed E-state index contributed by atoms with van der Waals surface area (Å²) in [4.78, 5) is 44.9. The first-order chi connectivity index (χ1) is 13.2. The fraction of sp³-hybridized carbons (Fsp3) is 0.500. The van der Waals surface area contributed by atoms with Crippen LogP contribution < -0.4 is 4.57 Å². The lowest BCUT2D eigenvalue weighted by Gasteiger charge is -2.17. The van der Waals surface area contributed by atoms with E-state index < -0.39 is 42.3 Å². The highest BCUT2D eigenvalue weighted by atomic mass is 16.6. The molecule has 0 aromatic carbocycles. The Morgan fingerprint density at radius 1 is 1.21 bits per heavy atom. The lowest BCUT2D eigenvalue weighted by atomic mass is 10.0. The summed E-state index contributed by atoms with van der Waals surface area (Å²) < 4.78 is 17.8. The number of aromatic nitrogens is 1. The average molecular weight is 396 g/mol. The van der Waals surface area contributed by atoms with Gasteiger partial charge in [0.05, 0.1) is 12.8 Å². The Labute approximate surface area is 160 Å². The first-order valence-corrected chi connectivity index (χ1v) is 8.63. The highest BCUT2D eigenvalue weighted by Gasteiger charge is 2.50. The number of carboxylic acid groups (broad SMARTS) is 2. The molecule has 1 aromatic heterocycles. The molecule has 0 unspecified atom stereocenters. The molecule has 0 radical (unpaired) electrons. The van der Waals surface area contributed by atoms with Crippen molar-refractivity contribution in [1.29, 1.82) is 0 Å². The molecule has 152 valence electrons. The molecule has 0 amide bonds. The monoisotopic (exact) mass is 396 g/mol. The summed E-state index contributed by atoms with van der Waals surface area (Å²) in [5, 5.41) is 17.8.